The molecule has 0 rings (SSSR count). The van der Waals surface area contributed by atoms with Crippen molar-refractivity contribution in [1.29, 1.82) is 0 Å². The molecule has 0 aromatic rings. The van der Waals surface area contributed by atoms with E-state index in [1.165, 1.54) is 5.98 Å². The fraction of sp³-hybridized carbons (Fsp3) is 0.778. The molecular formula is C9H20B2O4. The molecule has 0 amide bonds. The Morgan fingerprint density at radius 3 is 2.33 bits per heavy atom. The van der Waals surface area contributed by atoms with E-state index in [-0.39, 0.29) is 0 Å². The van der Waals surface area contributed by atoms with E-state index in [4.69, 9.17) is 14.7 Å². The number of rotatable bonds is 8. The van der Waals surface area contributed by atoms with Gasteiger partial charge in [0.25, 0.3) is 0 Å². The predicted octanol–water partition coefficient (Wildman–Crippen LogP) is 0.561. The first kappa shape index (κ1) is 14.7. The molecule has 0 aromatic heterocycles. The van der Waals surface area contributed by atoms with Crippen LogP contribution in [0, 0.1) is 0 Å². The minimum absolute atomic E-state index is 0.390. The highest BCUT2D eigenvalue weighted by Gasteiger charge is 2.18. The van der Waals surface area contributed by atoms with Crippen LogP contribution < -0.4 is 0 Å². The number of hydrogen-bond donors (Lipinski definition) is 3. The van der Waals surface area contributed by atoms with Crippen LogP contribution in [0.25, 0.3) is 0 Å². The van der Waals surface area contributed by atoms with Gasteiger partial charge in [-0.25, -0.2) is 0 Å². The minimum Gasteiger partial charge on any atom is -0.423 e. The van der Waals surface area contributed by atoms with Crippen molar-refractivity contribution in [3.8, 4) is 0 Å². The molecule has 0 aliphatic rings. The smallest absolute Gasteiger partial charge is 0.423 e. The lowest BCUT2D eigenvalue weighted by Gasteiger charge is -2.07. The normalized spacial score (nSPS) is 11.7. The zero-order valence-electron chi connectivity index (χ0n) is 9.52. The van der Waals surface area contributed by atoms with E-state index >= 15 is 0 Å². The third-order valence-corrected chi connectivity index (χ3v) is 2.09. The van der Waals surface area contributed by atoms with E-state index in [9.17, 15) is 5.02 Å². The first-order chi connectivity index (χ1) is 7.11. The molecule has 0 saturated heterocycles. The van der Waals surface area contributed by atoms with Gasteiger partial charge in [-0.2, -0.15) is 0 Å². The van der Waals surface area contributed by atoms with Gasteiger partial charge < -0.3 is 19.7 Å². The monoisotopic (exact) mass is 214 g/mol. The topological polar surface area (TPSA) is 69.9 Å². The van der Waals surface area contributed by atoms with Crippen molar-refractivity contribution in [2.45, 2.75) is 39.5 Å². The molecule has 0 aliphatic heterocycles. The van der Waals surface area contributed by atoms with Gasteiger partial charge in [-0.1, -0.05) is 32.2 Å². The van der Waals surface area contributed by atoms with Crippen LogP contribution >= 0.6 is 0 Å². The summed E-state index contributed by atoms with van der Waals surface area (Å²) < 4.78 is 4.89. The molecule has 0 atom stereocenters. The molecule has 6 heteroatoms. The van der Waals surface area contributed by atoms with Crippen LogP contribution in [0.5, 0.6) is 0 Å². The first-order valence-corrected chi connectivity index (χ1v) is 5.48. The lowest BCUT2D eigenvalue weighted by molar-refractivity contribution is 0.285. The Morgan fingerprint density at radius 1 is 1.20 bits per heavy atom. The molecule has 0 bridgehead atoms. The van der Waals surface area contributed by atoms with Crippen LogP contribution in [0.1, 0.15) is 39.5 Å². The van der Waals surface area contributed by atoms with E-state index in [1.807, 2.05) is 0 Å². The first-order valence-electron chi connectivity index (χ1n) is 5.48. The summed E-state index contributed by atoms with van der Waals surface area (Å²) in [4.78, 5) is 0. The van der Waals surface area contributed by atoms with Crippen molar-refractivity contribution in [2.75, 3.05) is 6.61 Å². The van der Waals surface area contributed by atoms with Crippen molar-refractivity contribution < 1.29 is 19.7 Å². The summed E-state index contributed by atoms with van der Waals surface area (Å²) in [6.07, 6.45) is 3.58. The van der Waals surface area contributed by atoms with Gasteiger partial charge >= 0.3 is 14.2 Å². The molecule has 0 spiro atoms. The summed E-state index contributed by atoms with van der Waals surface area (Å²) in [5.74, 6) is 1.36. The van der Waals surface area contributed by atoms with Gasteiger partial charge in [0.1, 0.15) is 0 Å². The molecule has 15 heavy (non-hydrogen) atoms. The molecule has 86 valence electrons. The van der Waals surface area contributed by atoms with Crippen molar-refractivity contribution >= 4 is 14.2 Å². The Bertz CT molecular complexity index is 185. The molecule has 0 radical (unpaired) electrons. The number of hydrogen-bond acceptors (Lipinski definition) is 4. The van der Waals surface area contributed by atoms with Crippen molar-refractivity contribution in [3.63, 3.8) is 0 Å². The standard InChI is InChI=1S/C9H20B2O4/c1-3-5-6-7-9(11(13)14)8-10(12)15-4-2/h8,12-14H,3-7H2,1-2H3. The van der Waals surface area contributed by atoms with E-state index in [0.717, 1.165) is 19.3 Å². The summed E-state index contributed by atoms with van der Waals surface area (Å²) >= 11 is 0. The van der Waals surface area contributed by atoms with E-state index in [0.29, 0.717) is 18.5 Å². The molecule has 0 unspecified atom stereocenters. The Balaban J connectivity index is 4.12. The average molecular weight is 214 g/mol. The molecule has 4 nitrogen and oxygen atoms in total. The van der Waals surface area contributed by atoms with Gasteiger partial charge in [-0.3, -0.25) is 0 Å². The van der Waals surface area contributed by atoms with Gasteiger partial charge in [0.2, 0.25) is 0 Å². The quantitative estimate of drug-likeness (QED) is 0.407. The highest BCUT2D eigenvalue weighted by Crippen LogP contribution is 2.10. The largest absolute Gasteiger partial charge is 0.483 e. The van der Waals surface area contributed by atoms with Gasteiger partial charge in [-0.05, 0) is 18.8 Å². The number of allylic oxidation sites excluding steroid dienone is 1. The maximum absolute atomic E-state index is 9.30. The van der Waals surface area contributed by atoms with Gasteiger partial charge in [0.15, 0.2) is 0 Å². The molecule has 0 saturated carbocycles. The minimum atomic E-state index is -1.50. The van der Waals surface area contributed by atoms with Crippen LogP contribution in [-0.2, 0) is 4.65 Å². The predicted molar refractivity (Wildman–Crippen MR) is 62.0 cm³/mol. The highest BCUT2D eigenvalue weighted by atomic mass is 16.5. The van der Waals surface area contributed by atoms with Crippen molar-refractivity contribution in [2.24, 2.45) is 0 Å². The van der Waals surface area contributed by atoms with Crippen LogP contribution in [0.15, 0.2) is 11.4 Å². The number of unbranched alkanes of at least 4 members (excludes halogenated alkanes) is 2. The summed E-state index contributed by atoms with van der Waals surface area (Å²) in [5.41, 5.74) is 0.421. The average Bonchev–Trinajstić information content (AvgIpc) is 2.16. The maximum atomic E-state index is 9.30. The van der Waals surface area contributed by atoms with Gasteiger partial charge in [0, 0.05) is 6.61 Å². The fourth-order valence-corrected chi connectivity index (χ4v) is 1.28. The molecule has 3 N–H and O–H groups in total. The lowest BCUT2D eigenvalue weighted by atomic mass is 9.70. The molecule has 0 aromatic carbocycles. The molecular weight excluding hydrogens is 194 g/mol. The second-order valence-electron chi connectivity index (χ2n) is 3.42. The van der Waals surface area contributed by atoms with Crippen molar-refractivity contribution in [3.05, 3.63) is 11.4 Å². The second-order valence-corrected chi connectivity index (χ2v) is 3.42. The maximum Gasteiger partial charge on any atom is 0.483 e. The molecule has 0 fully saturated rings. The van der Waals surface area contributed by atoms with Crippen molar-refractivity contribution in [1.82, 2.24) is 0 Å². The Hall–Kier alpha value is -0.290. The van der Waals surface area contributed by atoms with Crippen LogP contribution in [0.2, 0.25) is 0 Å². The van der Waals surface area contributed by atoms with Crippen LogP contribution in [0.3, 0.4) is 0 Å². The van der Waals surface area contributed by atoms with E-state index in [1.54, 1.807) is 6.92 Å². The summed E-state index contributed by atoms with van der Waals surface area (Å²) in [5, 5.41) is 27.4. The molecule has 0 heterocycles. The second kappa shape index (κ2) is 8.97. The van der Waals surface area contributed by atoms with Crippen LogP contribution in [0.4, 0.5) is 0 Å². The fourth-order valence-electron chi connectivity index (χ4n) is 1.28. The third-order valence-electron chi connectivity index (χ3n) is 2.09. The Kier molecular flexibility index (Phi) is 8.80. The van der Waals surface area contributed by atoms with Gasteiger partial charge in [0.05, 0.1) is 0 Å². The zero-order chi connectivity index (χ0) is 11.7. The highest BCUT2D eigenvalue weighted by molar-refractivity contribution is 6.57. The van der Waals surface area contributed by atoms with E-state index in [2.05, 4.69) is 6.92 Å². The SMILES string of the molecule is CCCCCC(=CB(O)OCC)B(O)O. The Morgan fingerprint density at radius 2 is 1.87 bits per heavy atom. The van der Waals surface area contributed by atoms with E-state index < -0.39 is 14.2 Å². The lowest BCUT2D eigenvalue weighted by Crippen LogP contribution is -2.22. The Labute approximate surface area is 92.3 Å². The summed E-state index contributed by atoms with van der Waals surface area (Å²) in [6.45, 7) is 4.23. The van der Waals surface area contributed by atoms with Crippen LogP contribution in [-0.4, -0.2) is 35.9 Å². The summed E-state index contributed by atoms with van der Waals surface area (Å²) in [6, 6.07) is 0. The van der Waals surface area contributed by atoms with Gasteiger partial charge in [-0.15, -0.1) is 0 Å². The zero-order valence-corrected chi connectivity index (χ0v) is 9.52. The molecule has 0 aliphatic carbocycles. The third kappa shape index (κ3) is 7.62. The summed E-state index contributed by atoms with van der Waals surface area (Å²) in [7, 11) is -2.55.